The van der Waals surface area contributed by atoms with E-state index in [1.54, 1.807) is 31.4 Å². The van der Waals surface area contributed by atoms with Crippen molar-refractivity contribution in [3.8, 4) is 23.8 Å². The summed E-state index contributed by atoms with van der Waals surface area (Å²) in [5.41, 5.74) is 1.57. The summed E-state index contributed by atoms with van der Waals surface area (Å²) in [6.45, 7) is 2.13. The number of ether oxygens (including phenoxy) is 2. The third kappa shape index (κ3) is 7.66. The Hall–Kier alpha value is -4.73. The number of carbonyl (C=O) groups is 1. The van der Waals surface area contributed by atoms with Crippen LogP contribution in [0.3, 0.4) is 0 Å². The number of aliphatic hydroxyl groups excluding tert-OH is 1. The maximum atomic E-state index is 13.4. The number of halogens is 1. The second-order valence-corrected chi connectivity index (χ2v) is 8.79. The van der Waals surface area contributed by atoms with Gasteiger partial charge in [0.25, 0.3) is 0 Å². The molecule has 0 saturated heterocycles. The SMILES string of the molecule is C#CCN(CCO)CCCOc1cc2ncnc(Nc3cc(CC(=O)Nc4cccc(F)c4)[nH]n3)c2cc1OC. The minimum atomic E-state index is -0.431. The molecule has 2 heterocycles. The summed E-state index contributed by atoms with van der Waals surface area (Å²) < 4.78 is 24.9. The number of nitrogens with zero attached hydrogens (tertiary/aromatic N) is 4. The quantitative estimate of drug-likeness (QED) is 0.139. The maximum Gasteiger partial charge on any atom is 0.230 e. The van der Waals surface area contributed by atoms with Gasteiger partial charge in [-0.1, -0.05) is 12.0 Å². The number of anilines is 3. The van der Waals surface area contributed by atoms with E-state index in [9.17, 15) is 9.18 Å². The highest BCUT2D eigenvalue weighted by molar-refractivity contribution is 5.93. The molecule has 0 saturated carbocycles. The van der Waals surface area contributed by atoms with Crippen LogP contribution in [0.25, 0.3) is 10.9 Å². The highest BCUT2D eigenvalue weighted by Gasteiger charge is 2.14. The number of aromatic nitrogens is 4. The summed E-state index contributed by atoms with van der Waals surface area (Å²) in [6, 6.07) is 10.9. The first kappa shape index (κ1) is 28.3. The fourth-order valence-electron chi connectivity index (χ4n) is 4.03. The number of benzene rings is 2. The lowest BCUT2D eigenvalue weighted by Gasteiger charge is -2.18. The van der Waals surface area contributed by atoms with Gasteiger partial charge in [0, 0.05) is 42.0 Å². The molecule has 4 aromatic rings. The van der Waals surface area contributed by atoms with Crippen LogP contribution < -0.4 is 20.1 Å². The Balaban J connectivity index is 1.40. The van der Waals surface area contributed by atoms with E-state index in [1.165, 1.54) is 24.5 Å². The van der Waals surface area contributed by atoms with Gasteiger partial charge in [0.05, 0.1) is 38.8 Å². The molecule has 1 amide bonds. The zero-order valence-electron chi connectivity index (χ0n) is 22.0. The number of hydrogen-bond acceptors (Lipinski definition) is 9. The smallest absolute Gasteiger partial charge is 0.230 e. The van der Waals surface area contributed by atoms with Crippen LogP contribution in [0, 0.1) is 18.2 Å². The molecule has 11 nitrogen and oxygen atoms in total. The minimum Gasteiger partial charge on any atom is -0.493 e. The number of amides is 1. The lowest BCUT2D eigenvalue weighted by molar-refractivity contribution is -0.115. The molecule has 0 fully saturated rings. The van der Waals surface area contributed by atoms with Gasteiger partial charge in [0.15, 0.2) is 17.3 Å². The summed E-state index contributed by atoms with van der Waals surface area (Å²) in [7, 11) is 1.55. The van der Waals surface area contributed by atoms with Crippen molar-refractivity contribution < 1.29 is 23.8 Å². The van der Waals surface area contributed by atoms with Crippen LogP contribution in [-0.4, -0.2) is 76.0 Å². The molecule has 2 aromatic carbocycles. The van der Waals surface area contributed by atoms with E-state index in [2.05, 4.69) is 36.7 Å². The van der Waals surface area contributed by atoms with Crippen molar-refractivity contribution >= 4 is 34.1 Å². The van der Waals surface area contributed by atoms with Crippen molar-refractivity contribution in [3.05, 3.63) is 60.3 Å². The molecule has 208 valence electrons. The molecule has 4 rings (SSSR count). The Morgan fingerprint density at radius 1 is 1.20 bits per heavy atom. The van der Waals surface area contributed by atoms with Crippen LogP contribution in [0.4, 0.5) is 21.7 Å². The average molecular weight is 548 g/mol. The molecule has 0 aliphatic heterocycles. The predicted molar refractivity (Wildman–Crippen MR) is 149 cm³/mol. The first-order valence-corrected chi connectivity index (χ1v) is 12.6. The summed E-state index contributed by atoms with van der Waals surface area (Å²) in [5.74, 6) is 3.84. The van der Waals surface area contributed by atoms with E-state index in [0.717, 1.165) is 0 Å². The average Bonchev–Trinajstić information content (AvgIpc) is 3.37. The molecule has 0 aliphatic rings. The fraction of sp³-hybridized carbons (Fsp3) is 0.286. The Morgan fingerprint density at radius 2 is 2.08 bits per heavy atom. The van der Waals surface area contributed by atoms with Crippen molar-refractivity contribution in [2.24, 2.45) is 0 Å². The zero-order valence-corrected chi connectivity index (χ0v) is 22.0. The van der Waals surface area contributed by atoms with Crippen molar-refractivity contribution in [2.75, 3.05) is 50.6 Å². The Labute approximate surface area is 230 Å². The first-order valence-electron chi connectivity index (χ1n) is 12.6. The van der Waals surface area contributed by atoms with Gasteiger partial charge in [0.1, 0.15) is 18.0 Å². The molecule has 0 spiro atoms. The van der Waals surface area contributed by atoms with E-state index >= 15 is 0 Å². The van der Waals surface area contributed by atoms with Crippen molar-refractivity contribution in [1.29, 1.82) is 0 Å². The molecule has 0 radical (unpaired) electrons. The van der Waals surface area contributed by atoms with Crippen molar-refractivity contribution in [2.45, 2.75) is 12.8 Å². The van der Waals surface area contributed by atoms with E-state index < -0.39 is 5.82 Å². The molecular formula is C28H30FN7O4. The second kappa shape index (κ2) is 13.9. The molecule has 0 aliphatic carbocycles. The summed E-state index contributed by atoms with van der Waals surface area (Å²) >= 11 is 0. The first-order chi connectivity index (χ1) is 19.5. The van der Waals surface area contributed by atoms with Gasteiger partial charge < -0.3 is 25.2 Å². The number of nitrogens with one attached hydrogen (secondary N) is 3. The zero-order chi connectivity index (χ0) is 28.3. The van der Waals surface area contributed by atoms with Gasteiger partial charge in [-0.15, -0.1) is 6.42 Å². The molecule has 2 aromatic heterocycles. The second-order valence-electron chi connectivity index (χ2n) is 8.79. The number of hydrogen-bond donors (Lipinski definition) is 4. The van der Waals surface area contributed by atoms with E-state index in [-0.39, 0.29) is 18.9 Å². The molecule has 4 N–H and O–H groups in total. The predicted octanol–water partition coefficient (Wildman–Crippen LogP) is 3.12. The van der Waals surface area contributed by atoms with Gasteiger partial charge >= 0.3 is 0 Å². The van der Waals surface area contributed by atoms with Crippen LogP contribution in [0.5, 0.6) is 11.5 Å². The maximum absolute atomic E-state index is 13.4. The fourth-order valence-corrected chi connectivity index (χ4v) is 4.03. The van der Waals surface area contributed by atoms with Crippen LogP contribution in [0.2, 0.25) is 0 Å². The van der Waals surface area contributed by atoms with Gasteiger partial charge in [-0.3, -0.25) is 14.8 Å². The van der Waals surface area contributed by atoms with Crippen molar-refractivity contribution in [1.82, 2.24) is 25.1 Å². The van der Waals surface area contributed by atoms with Gasteiger partial charge in [-0.25, -0.2) is 14.4 Å². The Kier molecular flexibility index (Phi) is 9.82. The molecular weight excluding hydrogens is 517 g/mol. The number of carbonyl (C=O) groups excluding carboxylic acids is 1. The summed E-state index contributed by atoms with van der Waals surface area (Å²) in [4.78, 5) is 23.0. The molecule has 0 atom stereocenters. The van der Waals surface area contributed by atoms with Crippen molar-refractivity contribution in [3.63, 3.8) is 0 Å². The summed E-state index contributed by atoms with van der Waals surface area (Å²) in [5, 5.41) is 22.7. The van der Waals surface area contributed by atoms with Crippen LogP contribution >= 0.6 is 0 Å². The molecule has 0 bridgehead atoms. The number of fused-ring (bicyclic) bond motifs is 1. The lowest BCUT2D eigenvalue weighted by Crippen LogP contribution is -2.29. The van der Waals surface area contributed by atoms with E-state index in [1.807, 2.05) is 4.90 Å². The van der Waals surface area contributed by atoms with E-state index in [4.69, 9.17) is 21.0 Å². The monoisotopic (exact) mass is 547 g/mol. The van der Waals surface area contributed by atoms with Crippen LogP contribution in [0.1, 0.15) is 12.1 Å². The lowest BCUT2D eigenvalue weighted by atomic mass is 10.2. The topological polar surface area (TPSA) is 138 Å². The van der Waals surface area contributed by atoms with E-state index in [0.29, 0.717) is 78.1 Å². The highest BCUT2D eigenvalue weighted by atomic mass is 19.1. The summed E-state index contributed by atoms with van der Waals surface area (Å²) in [6.07, 6.45) is 7.54. The number of aliphatic hydroxyl groups is 1. The van der Waals surface area contributed by atoms with Crippen LogP contribution in [-0.2, 0) is 11.2 Å². The normalized spacial score (nSPS) is 10.9. The third-order valence-corrected chi connectivity index (χ3v) is 5.86. The van der Waals surface area contributed by atoms with Gasteiger partial charge in [0.2, 0.25) is 5.91 Å². The number of methoxy groups -OCH3 is 1. The van der Waals surface area contributed by atoms with Crippen LogP contribution in [0.15, 0.2) is 48.8 Å². The molecule has 40 heavy (non-hydrogen) atoms. The number of H-pyrrole nitrogens is 1. The van der Waals surface area contributed by atoms with Gasteiger partial charge in [-0.2, -0.15) is 5.10 Å². The number of terminal acetylenes is 1. The number of aromatic amines is 1. The Morgan fingerprint density at radius 3 is 2.85 bits per heavy atom. The highest BCUT2D eigenvalue weighted by Crippen LogP contribution is 2.34. The number of rotatable bonds is 14. The third-order valence-electron chi connectivity index (χ3n) is 5.86. The standard InChI is InChI=1S/C28H30FN7O4/c1-3-8-36(10-11-37)9-5-12-40-25-17-23-22(16-24(25)39-2)28(31-18-30-23)33-26-14-21(34-35-26)15-27(38)32-20-7-4-6-19(29)13-20/h1,4,6-7,13-14,16-18,37H,5,8-12,15H2,2H3,(H,32,38)(H2,30,31,33,34,35). The minimum absolute atomic E-state index is 0.0186. The molecule has 0 unspecified atom stereocenters. The van der Waals surface area contributed by atoms with Gasteiger partial charge in [-0.05, 0) is 30.7 Å². The largest absolute Gasteiger partial charge is 0.493 e. The Bertz CT molecular complexity index is 1490. The molecule has 12 heteroatoms.